The van der Waals surface area contributed by atoms with Gasteiger partial charge in [-0.2, -0.15) is 0 Å². The summed E-state index contributed by atoms with van der Waals surface area (Å²) in [4.78, 5) is 28.3. The van der Waals surface area contributed by atoms with Crippen LogP contribution in [0.5, 0.6) is 5.75 Å². The van der Waals surface area contributed by atoms with Crippen molar-refractivity contribution in [2.45, 2.75) is 6.54 Å². The van der Waals surface area contributed by atoms with Crippen molar-refractivity contribution in [1.29, 1.82) is 0 Å². The first-order valence-corrected chi connectivity index (χ1v) is 9.12. The van der Waals surface area contributed by atoms with Crippen LogP contribution in [0.15, 0.2) is 53.9 Å². The van der Waals surface area contributed by atoms with E-state index in [1.54, 1.807) is 12.5 Å². The highest BCUT2D eigenvalue weighted by Gasteiger charge is 2.13. The third-order valence-electron chi connectivity index (χ3n) is 3.69. The van der Waals surface area contributed by atoms with Crippen LogP contribution >= 0.6 is 11.3 Å². The Hall–Kier alpha value is -3.46. The molecule has 0 aliphatic carbocycles. The molecule has 3 N–H and O–H groups in total. The van der Waals surface area contributed by atoms with Gasteiger partial charge in [0.1, 0.15) is 17.3 Å². The second-order valence-corrected chi connectivity index (χ2v) is 6.48. The summed E-state index contributed by atoms with van der Waals surface area (Å²) in [6, 6.07) is 12.2. The number of aromatic nitrogens is 1. The zero-order valence-corrected chi connectivity index (χ0v) is 15.7. The van der Waals surface area contributed by atoms with Gasteiger partial charge in [-0.15, -0.1) is 11.3 Å². The Morgan fingerprint density at radius 2 is 1.86 bits per heavy atom. The fourth-order valence-electron chi connectivity index (χ4n) is 2.34. The average Bonchev–Trinajstić information content (AvgIpc) is 3.16. The number of nitrogens with one attached hydrogen (secondary N) is 3. The normalized spacial score (nSPS) is 10.2. The number of carbonyl (C=O) groups excluding carboxylic acids is 2. The summed E-state index contributed by atoms with van der Waals surface area (Å²) in [7, 11) is 1.57. The molecule has 0 unspecified atom stereocenters. The maximum Gasteiger partial charge on any atom is 0.325 e. The largest absolute Gasteiger partial charge is 0.496 e. The number of anilines is 2. The van der Waals surface area contributed by atoms with E-state index in [0.29, 0.717) is 11.4 Å². The minimum absolute atomic E-state index is 0.192. The highest BCUT2D eigenvalue weighted by molar-refractivity contribution is 7.14. The van der Waals surface area contributed by atoms with E-state index < -0.39 is 11.8 Å². The number of rotatable bonds is 6. The molecule has 28 heavy (non-hydrogen) atoms. The SMILES string of the molecule is COc1ccccc1CNC(=O)c1csc(NC(=O)Nc2ccc(F)cc2)n1. The summed E-state index contributed by atoms with van der Waals surface area (Å²) < 4.78 is 18.1. The number of hydrogen-bond acceptors (Lipinski definition) is 5. The molecule has 1 heterocycles. The Labute approximate surface area is 164 Å². The molecule has 0 spiro atoms. The molecule has 3 aromatic rings. The summed E-state index contributed by atoms with van der Waals surface area (Å²) in [6.07, 6.45) is 0. The number of methoxy groups -OCH3 is 1. The number of thiazole rings is 1. The van der Waals surface area contributed by atoms with Gasteiger partial charge in [-0.05, 0) is 30.3 Å². The molecule has 0 aliphatic rings. The predicted octanol–water partition coefficient (Wildman–Crippen LogP) is 3.86. The van der Waals surface area contributed by atoms with Crippen LogP contribution in [0.3, 0.4) is 0 Å². The number of urea groups is 1. The Bertz CT molecular complexity index is 975. The molecule has 7 nitrogen and oxygen atoms in total. The van der Waals surface area contributed by atoms with E-state index in [9.17, 15) is 14.0 Å². The minimum atomic E-state index is -0.540. The predicted molar refractivity (Wildman–Crippen MR) is 105 cm³/mol. The molecular weight excluding hydrogens is 383 g/mol. The third kappa shape index (κ3) is 5.04. The first-order valence-electron chi connectivity index (χ1n) is 8.24. The fourth-order valence-corrected chi connectivity index (χ4v) is 3.03. The van der Waals surface area contributed by atoms with E-state index in [1.165, 1.54) is 24.3 Å². The van der Waals surface area contributed by atoms with Crippen LogP contribution in [0.25, 0.3) is 0 Å². The van der Waals surface area contributed by atoms with Gasteiger partial charge in [-0.3, -0.25) is 10.1 Å². The quantitative estimate of drug-likeness (QED) is 0.586. The smallest absolute Gasteiger partial charge is 0.325 e. The number of para-hydroxylation sites is 1. The van der Waals surface area contributed by atoms with Gasteiger partial charge in [0.25, 0.3) is 5.91 Å². The Morgan fingerprint density at radius 1 is 1.11 bits per heavy atom. The van der Waals surface area contributed by atoms with Crippen molar-refractivity contribution in [1.82, 2.24) is 10.3 Å². The number of ether oxygens (including phenoxy) is 1. The van der Waals surface area contributed by atoms with Crippen molar-refractivity contribution in [2.75, 3.05) is 17.7 Å². The monoisotopic (exact) mass is 400 g/mol. The second-order valence-electron chi connectivity index (χ2n) is 5.62. The molecule has 0 saturated carbocycles. The summed E-state index contributed by atoms with van der Waals surface area (Å²) in [5, 5.41) is 9.66. The van der Waals surface area contributed by atoms with Gasteiger partial charge in [-0.25, -0.2) is 14.2 Å². The average molecular weight is 400 g/mol. The fraction of sp³-hybridized carbons (Fsp3) is 0.105. The van der Waals surface area contributed by atoms with E-state index >= 15 is 0 Å². The van der Waals surface area contributed by atoms with E-state index in [0.717, 1.165) is 16.9 Å². The molecule has 0 saturated heterocycles. The van der Waals surface area contributed by atoms with Gasteiger partial charge in [0.05, 0.1) is 7.11 Å². The van der Waals surface area contributed by atoms with Gasteiger partial charge in [0, 0.05) is 23.2 Å². The molecule has 3 amide bonds. The van der Waals surface area contributed by atoms with E-state index in [1.807, 2.05) is 24.3 Å². The zero-order valence-electron chi connectivity index (χ0n) is 14.9. The van der Waals surface area contributed by atoms with Crippen molar-refractivity contribution in [3.05, 3.63) is 71.0 Å². The van der Waals surface area contributed by atoms with Crippen LogP contribution in [-0.4, -0.2) is 24.0 Å². The molecule has 0 aliphatic heterocycles. The maximum atomic E-state index is 12.9. The highest BCUT2D eigenvalue weighted by Crippen LogP contribution is 2.18. The molecule has 2 aromatic carbocycles. The van der Waals surface area contributed by atoms with Gasteiger partial charge in [0.2, 0.25) is 0 Å². The number of nitrogens with zero attached hydrogens (tertiary/aromatic N) is 1. The van der Waals surface area contributed by atoms with Crippen LogP contribution in [0.1, 0.15) is 16.1 Å². The zero-order chi connectivity index (χ0) is 19.9. The molecule has 144 valence electrons. The van der Waals surface area contributed by atoms with Crippen molar-refractivity contribution < 1.29 is 18.7 Å². The molecule has 0 bridgehead atoms. The van der Waals surface area contributed by atoms with Crippen molar-refractivity contribution >= 4 is 34.1 Å². The Kier molecular flexibility index (Phi) is 6.18. The van der Waals surface area contributed by atoms with Crippen LogP contribution in [0, 0.1) is 5.82 Å². The third-order valence-corrected chi connectivity index (χ3v) is 4.45. The lowest BCUT2D eigenvalue weighted by atomic mass is 10.2. The van der Waals surface area contributed by atoms with Crippen molar-refractivity contribution in [3.63, 3.8) is 0 Å². The molecule has 0 fully saturated rings. The lowest BCUT2D eigenvalue weighted by Crippen LogP contribution is -2.24. The van der Waals surface area contributed by atoms with Crippen molar-refractivity contribution in [3.8, 4) is 5.75 Å². The van der Waals surface area contributed by atoms with Gasteiger partial charge >= 0.3 is 6.03 Å². The number of hydrogen-bond donors (Lipinski definition) is 3. The van der Waals surface area contributed by atoms with Crippen LogP contribution in [-0.2, 0) is 6.54 Å². The number of benzene rings is 2. The Morgan fingerprint density at radius 3 is 2.61 bits per heavy atom. The van der Waals surface area contributed by atoms with Gasteiger partial charge in [0.15, 0.2) is 5.13 Å². The first kappa shape index (κ1) is 19.3. The minimum Gasteiger partial charge on any atom is -0.496 e. The summed E-state index contributed by atoms with van der Waals surface area (Å²) in [5.41, 5.74) is 1.47. The van der Waals surface area contributed by atoms with E-state index in [-0.39, 0.29) is 23.3 Å². The van der Waals surface area contributed by atoms with Crippen molar-refractivity contribution in [2.24, 2.45) is 0 Å². The molecule has 0 atom stereocenters. The van der Waals surface area contributed by atoms with Gasteiger partial charge in [-0.1, -0.05) is 18.2 Å². The Balaban J connectivity index is 1.54. The molecule has 3 rings (SSSR count). The van der Waals surface area contributed by atoms with E-state index in [2.05, 4.69) is 20.9 Å². The highest BCUT2D eigenvalue weighted by atomic mass is 32.1. The molecular formula is C19H17FN4O3S. The first-order chi connectivity index (χ1) is 13.5. The summed E-state index contributed by atoms with van der Waals surface area (Å²) in [5.74, 6) is -0.0790. The molecule has 1 aromatic heterocycles. The summed E-state index contributed by atoms with van der Waals surface area (Å²) >= 11 is 1.12. The van der Waals surface area contributed by atoms with E-state index in [4.69, 9.17) is 4.74 Å². The topological polar surface area (TPSA) is 92.4 Å². The standard InChI is InChI=1S/C19H17FN4O3S/c1-27-16-5-3-2-4-12(16)10-21-17(25)15-11-28-19(23-15)24-18(26)22-14-8-6-13(20)7-9-14/h2-9,11H,10H2,1H3,(H,21,25)(H2,22,23,24,26). The maximum absolute atomic E-state index is 12.9. The van der Waals surface area contributed by atoms with Crippen LogP contribution in [0.4, 0.5) is 20.0 Å². The number of carbonyl (C=O) groups is 2. The summed E-state index contributed by atoms with van der Waals surface area (Å²) in [6.45, 7) is 0.286. The lowest BCUT2D eigenvalue weighted by Gasteiger charge is -2.08. The number of halogens is 1. The van der Waals surface area contributed by atoms with Crippen LogP contribution < -0.4 is 20.7 Å². The molecule has 0 radical (unpaired) electrons. The van der Waals surface area contributed by atoms with Crippen LogP contribution in [0.2, 0.25) is 0 Å². The molecule has 9 heteroatoms. The number of amides is 3. The van der Waals surface area contributed by atoms with Gasteiger partial charge < -0.3 is 15.4 Å². The lowest BCUT2D eigenvalue weighted by molar-refractivity contribution is 0.0946. The second kappa shape index (κ2) is 8.96.